The van der Waals surface area contributed by atoms with E-state index in [1.165, 1.54) is 18.2 Å². The molecule has 1 amide bonds. The molecule has 98 valence electrons. The lowest BCUT2D eigenvalue weighted by molar-refractivity contribution is 0.0943. The number of carbonyl (C=O) groups excluding carboxylic acids is 1. The summed E-state index contributed by atoms with van der Waals surface area (Å²) in [6, 6.07) is 3.85. The average Bonchev–Trinajstić information content (AvgIpc) is 3.06. The molecule has 1 saturated carbocycles. The summed E-state index contributed by atoms with van der Waals surface area (Å²) in [5.41, 5.74) is 0.421. The van der Waals surface area contributed by atoms with Crippen molar-refractivity contribution in [3.63, 3.8) is 0 Å². The highest BCUT2D eigenvalue weighted by Gasteiger charge is 2.41. The largest absolute Gasteiger partial charge is 0.508 e. The highest BCUT2D eigenvalue weighted by Crippen LogP contribution is 2.48. The second-order valence-electron chi connectivity index (χ2n) is 4.86. The molecule has 1 aromatic carbocycles. The smallest absolute Gasteiger partial charge is 0.251 e. The number of benzene rings is 1. The molecule has 0 aliphatic heterocycles. The molecule has 0 saturated heterocycles. The van der Waals surface area contributed by atoms with Gasteiger partial charge < -0.3 is 15.5 Å². The Morgan fingerprint density at radius 2 is 1.89 bits per heavy atom. The third-order valence-electron chi connectivity index (χ3n) is 3.37. The van der Waals surface area contributed by atoms with E-state index in [1.54, 1.807) is 0 Å². The van der Waals surface area contributed by atoms with Gasteiger partial charge in [-0.25, -0.2) is 0 Å². The van der Waals surface area contributed by atoms with Crippen molar-refractivity contribution >= 4 is 17.5 Å². The first kappa shape index (κ1) is 13.0. The van der Waals surface area contributed by atoms with E-state index in [0.29, 0.717) is 12.4 Å². The molecule has 0 radical (unpaired) electrons. The molecule has 0 unspecified atom stereocenters. The Morgan fingerprint density at radius 1 is 1.28 bits per heavy atom. The van der Waals surface area contributed by atoms with Crippen LogP contribution in [0.25, 0.3) is 0 Å². The van der Waals surface area contributed by atoms with Crippen molar-refractivity contribution in [1.82, 2.24) is 5.32 Å². The number of carbonyl (C=O) groups is 1. The summed E-state index contributed by atoms with van der Waals surface area (Å²) in [4.78, 5) is 11.9. The zero-order valence-corrected chi connectivity index (χ0v) is 10.7. The predicted octanol–water partition coefficient (Wildman–Crippen LogP) is 2.24. The van der Waals surface area contributed by atoms with Gasteiger partial charge in [0.1, 0.15) is 11.5 Å². The molecule has 0 heterocycles. The molecule has 0 aromatic heterocycles. The molecule has 0 bridgehead atoms. The molecule has 18 heavy (non-hydrogen) atoms. The summed E-state index contributed by atoms with van der Waals surface area (Å²) in [6.07, 6.45) is 3.08. The quantitative estimate of drug-likeness (QED) is 0.718. The maximum Gasteiger partial charge on any atom is 0.251 e. The minimum absolute atomic E-state index is 0.123. The Hall–Kier alpha value is -1.42. The summed E-state index contributed by atoms with van der Waals surface area (Å²) in [5.74, 6) is 0.0640. The molecule has 0 atom stereocenters. The molecular weight excluding hydrogens is 254 g/mol. The number of alkyl halides is 1. The maximum atomic E-state index is 11.9. The van der Waals surface area contributed by atoms with Crippen LogP contribution < -0.4 is 5.32 Å². The second-order valence-corrected chi connectivity index (χ2v) is 5.24. The third kappa shape index (κ3) is 3.07. The Morgan fingerprint density at radius 3 is 2.39 bits per heavy atom. The standard InChI is InChI=1S/C13H16ClNO3/c14-4-3-13(1-2-13)8-15-12(18)9-5-10(16)7-11(17)6-9/h5-7,16-17H,1-4,8H2,(H,15,18). The molecule has 4 nitrogen and oxygen atoms in total. The van der Waals surface area contributed by atoms with E-state index < -0.39 is 0 Å². The Labute approximate surface area is 111 Å². The van der Waals surface area contributed by atoms with E-state index in [2.05, 4.69) is 5.32 Å². The third-order valence-corrected chi connectivity index (χ3v) is 3.56. The first-order valence-electron chi connectivity index (χ1n) is 5.92. The Bertz CT molecular complexity index is 437. The zero-order chi connectivity index (χ0) is 13.2. The zero-order valence-electron chi connectivity index (χ0n) is 9.95. The first-order chi connectivity index (χ1) is 8.54. The van der Waals surface area contributed by atoms with Crippen LogP contribution >= 0.6 is 11.6 Å². The van der Waals surface area contributed by atoms with E-state index >= 15 is 0 Å². The fourth-order valence-corrected chi connectivity index (χ4v) is 2.39. The highest BCUT2D eigenvalue weighted by molar-refractivity contribution is 6.17. The summed E-state index contributed by atoms with van der Waals surface area (Å²) in [7, 11) is 0. The van der Waals surface area contributed by atoms with Crippen LogP contribution in [0.3, 0.4) is 0 Å². The fraction of sp³-hybridized carbons (Fsp3) is 0.462. The lowest BCUT2D eigenvalue weighted by atomic mass is 10.0. The SMILES string of the molecule is O=C(NCC1(CCCl)CC1)c1cc(O)cc(O)c1. The minimum Gasteiger partial charge on any atom is -0.508 e. The van der Waals surface area contributed by atoms with Gasteiger partial charge in [-0.05, 0) is 36.8 Å². The van der Waals surface area contributed by atoms with E-state index in [4.69, 9.17) is 11.6 Å². The predicted molar refractivity (Wildman–Crippen MR) is 69.1 cm³/mol. The van der Waals surface area contributed by atoms with Crippen LogP contribution in [0, 0.1) is 5.41 Å². The van der Waals surface area contributed by atoms with Crippen LogP contribution in [0.2, 0.25) is 0 Å². The highest BCUT2D eigenvalue weighted by atomic mass is 35.5. The monoisotopic (exact) mass is 269 g/mol. The van der Waals surface area contributed by atoms with Crippen molar-refractivity contribution in [3.05, 3.63) is 23.8 Å². The van der Waals surface area contributed by atoms with Gasteiger partial charge in [0, 0.05) is 24.1 Å². The number of phenols is 2. The molecule has 1 aromatic rings. The average molecular weight is 270 g/mol. The van der Waals surface area contributed by atoms with Crippen molar-refractivity contribution in [2.24, 2.45) is 5.41 Å². The van der Waals surface area contributed by atoms with Crippen LogP contribution in [0.5, 0.6) is 11.5 Å². The summed E-state index contributed by atoms with van der Waals surface area (Å²) in [5, 5.41) is 21.4. The van der Waals surface area contributed by atoms with Crippen molar-refractivity contribution in [1.29, 1.82) is 0 Å². The van der Waals surface area contributed by atoms with Crippen LogP contribution in [-0.4, -0.2) is 28.5 Å². The van der Waals surface area contributed by atoms with Crippen molar-refractivity contribution in [3.8, 4) is 11.5 Å². The lowest BCUT2D eigenvalue weighted by Gasteiger charge is -2.14. The number of nitrogens with one attached hydrogen (secondary N) is 1. The van der Waals surface area contributed by atoms with E-state index in [0.717, 1.165) is 19.3 Å². The number of aromatic hydroxyl groups is 2. The van der Waals surface area contributed by atoms with Crippen LogP contribution in [0.1, 0.15) is 29.6 Å². The molecule has 2 rings (SSSR count). The van der Waals surface area contributed by atoms with E-state index in [9.17, 15) is 15.0 Å². The van der Waals surface area contributed by atoms with Gasteiger partial charge in [-0.3, -0.25) is 4.79 Å². The molecular formula is C13H16ClNO3. The van der Waals surface area contributed by atoms with E-state index in [1.807, 2.05) is 0 Å². The van der Waals surface area contributed by atoms with Gasteiger partial charge in [-0.1, -0.05) is 0 Å². The van der Waals surface area contributed by atoms with Gasteiger partial charge >= 0.3 is 0 Å². The molecule has 1 aliphatic rings. The van der Waals surface area contributed by atoms with Gasteiger partial charge in [0.25, 0.3) is 5.91 Å². The first-order valence-corrected chi connectivity index (χ1v) is 6.45. The number of amides is 1. The molecule has 1 fully saturated rings. The van der Waals surface area contributed by atoms with Crippen molar-refractivity contribution < 1.29 is 15.0 Å². The van der Waals surface area contributed by atoms with Gasteiger partial charge in [0.2, 0.25) is 0 Å². The van der Waals surface area contributed by atoms with Crippen molar-refractivity contribution in [2.75, 3.05) is 12.4 Å². The molecule has 5 heteroatoms. The van der Waals surface area contributed by atoms with E-state index in [-0.39, 0.29) is 28.4 Å². The van der Waals surface area contributed by atoms with Gasteiger partial charge in [0.05, 0.1) is 0 Å². The molecule has 0 spiro atoms. The number of halogens is 1. The Balaban J connectivity index is 1.95. The topological polar surface area (TPSA) is 69.6 Å². The maximum absolute atomic E-state index is 11.9. The number of hydrogen-bond acceptors (Lipinski definition) is 3. The number of hydrogen-bond donors (Lipinski definition) is 3. The summed E-state index contributed by atoms with van der Waals surface area (Å²) >= 11 is 5.72. The van der Waals surface area contributed by atoms with Crippen LogP contribution in [0.4, 0.5) is 0 Å². The summed E-state index contributed by atoms with van der Waals surface area (Å²) < 4.78 is 0. The second kappa shape index (κ2) is 5.06. The molecule has 3 N–H and O–H groups in total. The van der Waals surface area contributed by atoms with Crippen molar-refractivity contribution in [2.45, 2.75) is 19.3 Å². The minimum atomic E-state index is -0.290. The summed E-state index contributed by atoms with van der Waals surface area (Å²) in [6.45, 7) is 0.592. The fourth-order valence-electron chi connectivity index (χ4n) is 1.99. The Kier molecular flexibility index (Phi) is 3.66. The van der Waals surface area contributed by atoms with Gasteiger partial charge in [-0.15, -0.1) is 11.6 Å². The lowest BCUT2D eigenvalue weighted by Crippen LogP contribution is -2.30. The number of rotatable bonds is 5. The van der Waals surface area contributed by atoms with Crippen LogP contribution in [-0.2, 0) is 0 Å². The normalized spacial score (nSPS) is 16.3. The molecule has 1 aliphatic carbocycles. The van der Waals surface area contributed by atoms with Gasteiger partial charge in [-0.2, -0.15) is 0 Å². The number of phenolic OH excluding ortho intramolecular Hbond substituents is 2. The van der Waals surface area contributed by atoms with Gasteiger partial charge in [0.15, 0.2) is 0 Å². The van der Waals surface area contributed by atoms with Crippen LogP contribution in [0.15, 0.2) is 18.2 Å².